The van der Waals surface area contributed by atoms with E-state index in [0.717, 1.165) is 51.9 Å². The van der Waals surface area contributed by atoms with E-state index < -0.39 is 20.2 Å². The van der Waals surface area contributed by atoms with Crippen LogP contribution < -0.4 is 0 Å². The third-order valence-corrected chi connectivity index (χ3v) is 4.81. The molecule has 0 aromatic carbocycles. The lowest BCUT2D eigenvalue weighted by atomic mass is 10.2. The number of hydroxylamine groups is 4. The lowest BCUT2D eigenvalue weighted by molar-refractivity contribution is -0.267. The summed E-state index contributed by atoms with van der Waals surface area (Å²) in [6.07, 6.45) is 3.78. The molecule has 156 valence electrons. The molecule has 2 aliphatic heterocycles. The van der Waals surface area contributed by atoms with Gasteiger partial charge in [0.25, 0.3) is 0 Å². The maximum Gasteiger partial charge on any atom is 0.242 e. The summed E-state index contributed by atoms with van der Waals surface area (Å²) in [5.41, 5.74) is 0. The first-order chi connectivity index (χ1) is 12.0. The van der Waals surface area contributed by atoms with Crippen molar-refractivity contribution in [2.75, 3.05) is 26.2 Å². The number of halogens is 6. The van der Waals surface area contributed by atoms with Crippen LogP contribution in [0, 0.1) is 0 Å². The summed E-state index contributed by atoms with van der Waals surface area (Å²) in [6, 6.07) is 0. The molecule has 0 amide bonds. The average molecular weight is 497 g/mol. The molecule has 2 fully saturated rings. The lowest BCUT2D eigenvalue weighted by Crippen LogP contribution is -2.39. The van der Waals surface area contributed by atoms with E-state index in [4.69, 9.17) is 79.3 Å². The molecule has 0 aromatic rings. The average Bonchev–Trinajstić information content (AvgIpc) is 2.55. The second kappa shape index (κ2) is 12.3. The number of aliphatic hydroxyl groups excluding tert-OH is 2. The zero-order valence-corrected chi connectivity index (χ0v) is 18.6. The van der Waals surface area contributed by atoms with E-state index in [1.807, 2.05) is 0 Å². The first kappa shape index (κ1) is 25.5. The van der Waals surface area contributed by atoms with Crippen LogP contribution in [0.5, 0.6) is 0 Å². The molecule has 2 heterocycles. The van der Waals surface area contributed by atoms with Crippen LogP contribution in [0.3, 0.4) is 0 Å². The van der Waals surface area contributed by atoms with Crippen molar-refractivity contribution in [3.8, 4) is 0 Å². The number of nitrogens with zero attached hydrogens (tertiary/aromatic N) is 2. The van der Waals surface area contributed by atoms with Crippen LogP contribution >= 0.6 is 69.6 Å². The number of alkyl halides is 6. The Bertz CT molecular complexity index is 349. The van der Waals surface area contributed by atoms with Crippen molar-refractivity contribution < 1.29 is 19.9 Å². The van der Waals surface area contributed by atoms with E-state index in [9.17, 15) is 10.2 Å². The maximum absolute atomic E-state index is 9.28. The van der Waals surface area contributed by atoms with Crippen LogP contribution in [0.1, 0.15) is 38.5 Å². The van der Waals surface area contributed by atoms with Gasteiger partial charge in [-0.25, -0.2) is 0 Å². The molecule has 0 aliphatic carbocycles. The van der Waals surface area contributed by atoms with Gasteiger partial charge in [0.2, 0.25) is 20.2 Å². The van der Waals surface area contributed by atoms with Gasteiger partial charge in [-0.15, -0.1) is 0 Å². The van der Waals surface area contributed by atoms with Crippen molar-refractivity contribution in [1.29, 1.82) is 0 Å². The SMILES string of the molecule is O[C@@H](ON1CCCCC1)C(Cl)(Cl)Cl.O[C@@H](ON1CCCCC1)C(Cl)(Cl)Cl. The Morgan fingerprint density at radius 3 is 1.08 bits per heavy atom. The van der Waals surface area contributed by atoms with Crippen LogP contribution in [-0.2, 0) is 9.68 Å². The minimum atomic E-state index is -1.78. The van der Waals surface area contributed by atoms with Gasteiger partial charge >= 0.3 is 0 Å². The van der Waals surface area contributed by atoms with E-state index in [2.05, 4.69) is 0 Å². The van der Waals surface area contributed by atoms with Gasteiger partial charge in [-0.2, -0.15) is 10.1 Å². The molecule has 12 heteroatoms. The topological polar surface area (TPSA) is 65.4 Å². The predicted octanol–water partition coefficient (Wildman–Crippen LogP) is 4.19. The zero-order chi connectivity index (χ0) is 19.8. The Hall–Kier alpha value is 1.50. The number of aliphatic hydroxyl groups is 2. The second-order valence-corrected chi connectivity index (χ2v) is 10.7. The number of rotatable bonds is 4. The lowest BCUT2D eigenvalue weighted by Gasteiger charge is -2.30. The summed E-state index contributed by atoms with van der Waals surface area (Å²) in [5.74, 6) is 0. The first-order valence-corrected chi connectivity index (χ1v) is 10.6. The minimum Gasteiger partial charge on any atom is -0.363 e. The summed E-state index contributed by atoms with van der Waals surface area (Å²) in [6.45, 7) is 3.10. The van der Waals surface area contributed by atoms with E-state index in [-0.39, 0.29) is 0 Å². The van der Waals surface area contributed by atoms with E-state index in [1.54, 1.807) is 10.1 Å². The van der Waals surface area contributed by atoms with Gasteiger partial charge in [-0.05, 0) is 25.7 Å². The molecule has 0 unspecified atom stereocenters. The third kappa shape index (κ3) is 10.9. The smallest absolute Gasteiger partial charge is 0.242 e. The summed E-state index contributed by atoms with van der Waals surface area (Å²) >= 11 is 32.6. The van der Waals surface area contributed by atoms with Crippen molar-refractivity contribution in [2.45, 2.75) is 58.7 Å². The van der Waals surface area contributed by atoms with Crippen LogP contribution in [0.15, 0.2) is 0 Å². The van der Waals surface area contributed by atoms with Gasteiger partial charge in [0, 0.05) is 26.2 Å². The molecule has 2 N–H and O–H groups in total. The van der Waals surface area contributed by atoms with E-state index in [0.29, 0.717) is 0 Å². The Labute approximate surface area is 184 Å². The van der Waals surface area contributed by atoms with Gasteiger partial charge in [-0.3, -0.25) is 9.68 Å². The Balaban J connectivity index is 0.000000260. The number of hydrogen-bond donors (Lipinski definition) is 2. The number of hydrogen-bond acceptors (Lipinski definition) is 6. The molecule has 2 atom stereocenters. The van der Waals surface area contributed by atoms with E-state index >= 15 is 0 Å². The standard InChI is InChI=1S/2C7H12Cl3NO2/c2*8-7(9,10)6(12)13-11-4-2-1-3-5-11/h2*6,12H,1-5H2/t2*6-/m00/s1. The highest BCUT2D eigenvalue weighted by Gasteiger charge is 2.34. The van der Waals surface area contributed by atoms with Crippen molar-refractivity contribution in [1.82, 2.24) is 10.1 Å². The largest absolute Gasteiger partial charge is 0.363 e. The molecule has 2 aliphatic rings. The van der Waals surface area contributed by atoms with E-state index in [1.165, 1.54) is 12.8 Å². The maximum atomic E-state index is 9.28. The van der Waals surface area contributed by atoms with Crippen molar-refractivity contribution in [3.63, 3.8) is 0 Å². The molecule has 6 nitrogen and oxygen atoms in total. The first-order valence-electron chi connectivity index (χ1n) is 8.33. The fourth-order valence-electron chi connectivity index (χ4n) is 2.34. The van der Waals surface area contributed by atoms with Crippen molar-refractivity contribution >= 4 is 69.6 Å². The van der Waals surface area contributed by atoms with Crippen LogP contribution in [0.2, 0.25) is 0 Å². The molecule has 0 saturated carbocycles. The summed E-state index contributed by atoms with van der Waals surface area (Å²) < 4.78 is -3.56. The Morgan fingerprint density at radius 1 is 0.577 bits per heavy atom. The highest BCUT2D eigenvalue weighted by atomic mass is 35.6. The van der Waals surface area contributed by atoms with Gasteiger partial charge < -0.3 is 10.2 Å². The monoisotopic (exact) mass is 494 g/mol. The summed E-state index contributed by atoms with van der Waals surface area (Å²) in [5, 5.41) is 21.8. The molecule has 0 bridgehead atoms. The van der Waals surface area contributed by atoms with Gasteiger partial charge in [-0.1, -0.05) is 82.4 Å². The highest BCUT2D eigenvalue weighted by molar-refractivity contribution is 6.68. The third-order valence-electron chi connectivity index (χ3n) is 3.69. The van der Waals surface area contributed by atoms with Crippen molar-refractivity contribution in [3.05, 3.63) is 0 Å². The zero-order valence-electron chi connectivity index (χ0n) is 14.1. The molecular formula is C14H24Cl6N2O4. The van der Waals surface area contributed by atoms with Gasteiger partial charge in [0.05, 0.1) is 0 Å². The predicted molar refractivity (Wildman–Crippen MR) is 106 cm³/mol. The molecule has 26 heavy (non-hydrogen) atoms. The molecular weight excluding hydrogens is 473 g/mol. The summed E-state index contributed by atoms with van der Waals surface area (Å²) in [7, 11) is 0. The molecule has 0 spiro atoms. The van der Waals surface area contributed by atoms with Gasteiger partial charge in [0.15, 0.2) is 0 Å². The quantitative estimate of drug-likeness (QED) is 0.449. The van der Waals surface area contributed by atoms with Crippen LogP contribution in [0.25, 0.3) is 0 Å². The summed E-state index contributed by atoms with van der Waals surface area (Å²) in [4.78, 5) is 10.1. The molecule has 2 rings (SSSR count). The normalized spacial score (nSPS) is 23.1. The molecule has 0 radical (unpaired) electrons. The fraction of sp³-hybridized carbons (Fsp3) is 1.00. The Kier molecular flexibility index (Phi) is 12.0. The fourth-order valence-corrected chi connectivity index (χ4v) is 2.58. The van der Waals surface area contributed by atoms with Crippen molar-refractivity contribution in [2.24, 2.45) is 0 Å². The Morgan fingerprint density at radius 2 is 0.846 bits per heavy atom. The highest BCUT2D eigenvalue weighted by Crippen LogP contribution is 2.32. The minimum absolute atomic E-state index is 0.776. The second-order valence-electron chi connectivity index (χ2n) is 5.98. The molecule has 0 aromatic heterocycles. The van der Waals surface area contributed by atoms with Gasteiger partial charge in [0.1, 0.15) is 0 Å². The van der Waals surface area contributed by atoms with Crippen LogP contribution in [-0.4, -0.2) is 66.7 Å². The molecule has 2 saturated heterocycles. The number of piperidine rings is 2. The van der Waals surface area contributed by atoms with Crippen LogP contribution in [0.4, 0.5) is 0 Å².